The molecule has 0 saturated carbocycles. The van der Waals surface area contributed by atoms with Crippen LogP contribution in [0.2, 0.25) is 0 Å². The van der Waals surface area contributed by atoms with Gasteiger partial charge in [0.25, 0.3) is 0 Å². The van der Waals surface area contributed by atoms with Crippen LogP contribution in [0.3, 0.4) is 0 Å². The molecular formula is C32H35O3P. The van der Waals surface area contributed by atoms with Crippen LogP contribution in [-0.2, 0) is 9.59 Å². The standard InChI is InChI=1S/C32H35O3P/c1-23-24(2)31(34)29(25(3)30(23)33)20-21-32(4,35)22-36(26-14-8-5-9-15-26,27-16-10-6-11-17-27)28-18-12-7-13-19-28/h5-19,35-36H,20-22H2,1-4H3. The third-order valence-corrected chi connectivity index (χ3v) is 12.9. The summed E-state index contributed by atoms with van der Waals surface area (Å²) >= 11 is 0. The van der Waals surface area contributed by atoms with Crippen molar-refractivity contribution in [3.8, 4) is 0 Å². The molecule has 0 heterocycles. The number of aliphatic hydroxyl groups is 1. The molecular weight excluding hydrogens is 463 g/mol. The van der Waals surface area contributed by atoms with Crippen molar-refractivity contribution in [1.82, 2.24) is 0 Å². The molecule has 0 spiro atoms. The van der Waals surface area contributed by atoms with Crippen molar-refractivity contribution in [1.29, 1.82) is 0 Å². The normalized spacial score (nSPS) is 16.8. The molecule has 0 aliphatic heterocycles. The molecule has 0 bridgehead atoms. The number of ketones is 2. The van der Waals surface area contributed by atoms with Crippen molar-refractivity contribution < 1.29 is 14.7 Å². The van der Waals surface area contributed by atoms with Crippen molar-refractivity contribution >= 4 is 34.7 Å². The van der Waals surface area contributed by atoms with E-state index in [1.54, 1.807) is 20.8 Å². The van der Waals surface area contributed by atoms with Gasteiger partial charge in [-0.1, -0.05) is 0 Å². The first-order valence-electron chi connectivity index (χ1n) is 12.5. The fraction of sp³-hybridized carbons (Fsp3) is 0.250. The third kappa shape index (κ3) is 4.91. The molecule has 0 amide bonds. The molecule has 3 aromatic rings. The van der Waals surface area contributed by atoms with Gasteiger partial charge in [-0.05, 0) is 0 Å². The van der Waals surface area contributed by atoms with Gasteiger partial charge < -0.3 is 0 Å². The van der Waals surface area contributed by atoms with Crippen LogP contribution in [0.15, 0.2) is 113 Å². The number of benzene rings is 3. The predicted molar refractivity (Wildman–Crippen MR) is 152 cm³/mol. The summed E-state index contributed by atoms with van der Waals surface area (Å²) in [4.78, 5) is 25.7. The first kappa shape index (κ1) is 25.9. The second-order valence-electron chi connectivity index (χ2n) is 10.2. The van der Waals surface area contributed by atoms with Gasteiger partial charge in [0.05, 0.1) is 0 Å². The average molecular weight is 499 g/mol. The van der Waals surface area contributed by atoms with Crippen molar-refractivity contribution in [2.24, 2.45) is 0 Å². The van der Waals surface area contributed by atoms with E-state index in [1.165, 1.54) is 15.9 Å². The van der Waals surface area contributed by atoms with Crippen LogP contribution in [0.25, 0.3) is 0 Å². The summed E-state index contributed by atoms with van der Waals surface area (Å²) in [6, 6.07) is 31.5. The molecule has 0 fully saturated rings. The quantitative estimate of drug-likeness (QED) is 0.349. The van der Waals surface area contributed by atoms with Gasteiger partial charge in [0.1, 0.15) is 0 Å². The van der Waals surface area contributed by atoms with Crippen LogP contribution in [0.4, 0.5) is 0 Å². The maximum absolute atomic E-state index is 13.0. The van der Waals surface area contributed by atoms with E-state index in [9.17, 15) is 14.7 Å². The van der Waals surface area contributed by atoms with Crippen LogP contribution in [0, 0.1) is 0 Å². The molecule has 1 aliphatic rings. The Morgan fingerprint density at radius 1 is 0.639 bits per heavy atom. The van der Waals surface area contributed by atoms with Gasteiger partial charge in [-0.25, -0.2) is 0 Å². The first-order valence-corrected chi connectivity index (χ1v) is 14.7. The van der Waals surface area contributed by atoms with Gasteiger partial charge in [-0.3, -0.25) is 0 Å². The van der Waals surface area contributed by atoms with Crippen molar-refractivity contribution in [2.75, 3.05) is 6.16 Å². The Labute approximate surface area is 214 Å². The molecule has 3 nitrogen and oxygen atoms in total. The van der Waals surface area contributed by atoms with E-state index in [4.69, 9.17) is 0 Å². The molecule has 4 heteroatoms. The number of carbonyl (C=O) groups excluding carboxylic acids is 2. The summed E-state index contributed by atoms with van der Waals surface area (Å²) in [5, 5.41) is 15.6. The van der Waals surface area contributed by atoms with Gasteiger partial charge in [0.2, 0.25) is 0 Å². The molecule has 0 radical (unpaired) electrons. The Kier molecular flexibility index (Phi) is 7.54. The zero-order valence-electron chi connectivity index (χ0n) is 21.5. The van der Waals surface area contributed by atoms with Gasteiger partial charge in [0.15, 0.2) is 0 Å². The molecule has 1 atom stereocenters. The summed E-state index contributed by atoms with van der Waals surface area (Å²) in [6.45, 7) is 7.05. The predicted octanol–water partition coefficient (Wildman–Crippen LogP) is 5.05. The number of carbonyl (C=O) groups is 2. The molecule has 186 valence electrons. The number of hydrogen-bond donors (Lipinski definition) is 1. The zero-order valence-corrected chi connectivity index (χ0v) is 22.5. The van der Waals surface area contributed by atoms with Crippen molar-refractivity contribution in [2.45, 2.75) is 46.1 Å². The summed E-state index contributed by atoms with van der Waals surface area (Å²) in [6.07, 6.45) is 1.32. The van der Waals surface area contributed by atoms with E-state index in [0.717, 1.165) is 0 Å². The van der Waals surface area contributed by atoms with Gasteiger partial charge in [-0.2, -0.15) is 0 Å². The minimum absolute atomic E-state index is 0.0664. The number of Topliss-reactive ketones (excluding diaryl/α,β-unsaturated/α-hetero) is 2. The Morgan fingerprint density at radius 3 is 1.44 bits per heavy atom. The third-order valence-electron chi connectivity index (χ3n) is 7.67. The topological polar surface area (TPSA) is 54.4 Å². The average Bonchev–Trinajstić information content (AvgIpc) is 2.91. The molecule has 1 N–H and O–H groups in total. The Morgan fingerprint density at radius 2 is 1.03 bits per heavy atom. The van der Waals surface area contributed by atoms with Crippen LogP contribution in [0.1, 0.15) is 40.5 Å². The molecule has 1 aliphatic carbocycles. The second kappa shape index (κ2) is 10.5. The second-order valence-corrected chi connectivity index (χ2v) is 14.1. The minimum atomic E-state index is -2.65. The van der Waals surface area contributed by atoms with Crippen LogP contribution < -0.4 is 15.9 Å². The van der Waals surface area contributed by atoms with Crippen LogP contribution in [-0.4, -0.2) is 28.4 Å². The van der Waals surface area contributed by atoms with E-state index in [2.05, 4.69) is 72.8 Å². The van der Waals surface area contributed by atoms with E-state index < -0.39 is 12.9 Å². The SMILES string of the molecule is CC1=C(C)C(=O)C(CCC(C)(O)C[PH](c2ccccc2)(c2ccccc2)c2ccccc2)=C(C)C1=O. The molecule has 1 unspecified atom stereocenters. The van der Waals surface area contributed by atoms with E-state index in [0.29, 0.717) is 41.3 Å². The Balaban J connectivity index is 1.76. The van der Waals surface area contributed by atoms with Gasteiger partial charge in [-0.15, -0.1) is 0 Å². The fourth-order valence-corrected chi connectivity index (χ4v) is 10.7. The van der Waals surface area contributed by atoms with E-state index in [-0.39, 0.29) is 11.6 Å². The Bertz CT molecular complexity index is 1220. The monoisotopic (exact) mass is 498 g/mol. The summed E-state index contributed by atoms with van der Waals surface area (Å²) in [7, 11) is -2.65. The van der Waals surface area contributed by atoms with Crippen molar-refractivity contribution in [3.05, 3.63) is 113 Å². The summed E-state index contributed by atoms with van der Waals surface area (Å²) in [5.74, 6) is -0.138. The zero-order chi connectivity index (χ0) is 25.9. The molecule has 0 aromatic heterocycles. The van der Waals surface area contributed by atoms with E-state index in [1.807, 2.05) is 25.1 Å². The molecule has 0 saturated heterocycles. The molecule has 36 heavy (non-hydrogen) atoms. The summed E-state index contributed by atoms with van der Waals surface area (Å²) in [5.41, 5.74) is 1.03. The van der Waals surface area contributed by atoms with Crippen molar-refractivity contribution in [3.63, 3.8) is 0 Å². The Hall–Kier alpha value is -3.13. The summed E-state index contributed by atoms with van der Waals surface area (Å²) < 4.78 is 0. The molecule has 4 rings (SSSR count). The number of hydrogen-bond acceptors (Lipinski definition) is 3. The molecule has 3 aromatic carbocycles. The number of allylic oxidation sites excluding steroid dienone is 4. The van der Waals surface area contributed by atoms with E-state index >= 15 is 0 Å². The van der Waals surface area contributed by atoms with Gasteiger partial charge >= 0.3 is 215 Å². The van der Waals surface area contributed by atoms with Crippen LogP contribution >= 0.6 is 7.26 Å². The maximum atomic E-state index is 13.0. The number of rotatable bonds is 8. The first-order chi connectivity index (χ1) is 17.2. The van der Waals surface area contributed by atoms with Gasteiger partial charge in [0, 0.05) is 0 Å². The van der Waals surface area contributed by atoms with Crippen LogP contribution in [0.5, 0.6) is 0 Å². The fourth-order valence-electron chi connectivity index (χ4n) is 5.48.